The molecule has 0 bridgehead atoms. The quantitative estimate of drug-likeness (QED) is 0.746. The fourth-order valence-electron chi connectivity index (χ4n) is 2.34. The highest BCUT2D eigenvalue weighted by Crippen LogP contribution is 2.29. The third-order valence-electron chi connectivity index (χ3n) is 3.34. The highest BCUT2D eigenvalue weighted by molar-refractivity contribution is 5.94. The van der Waals surface area contributed by atoms with Crippen molar-refractivity contribution in [3.63, 3.8) is 0 Å². The molecule has 0 fully saturated rings. The van der Waals surface area contributed by atoms with Crippen LogP contribution in [0.3, 0.4) is 0 Å². The molecule has 0 amide bonds. The van der Waals surface area contributed by atoms with Crippen molar-refractivity contribution in [3.05, 3.63) is 65.7 Å². The van der Waals surface area contributed by atoms with Crippen LogP contribution >= 0.6 is 0 Å². The number of hydrogen-bond acceptors (Lipinski definition) is 2. The van der Waals surface area contributed by atoms with Gasteiger partial charge in [0, 0.05) is 10.9 Å². The average molecular weight is 278 g/mol. The normalized spacial score (nSPS) is 11.3. The zero-order valence-corrected chi connectivity index (χ0v) is 11.5. The van der Waals surface area contributed by atoms with Gasteiger partial charge in [-0.15, -0.1) is 0 Å². The zero-order chi connectivity index (χ0) is 14.8. The Hall–Kier alpha value is -2.81. The van der Waals surface area contributed by atoms with Crippen LogP contribution < -0.4 is 0 Å². The maximum absolute atomic E-state index is 11.4. The summed E-state index contributed by atoms with van der Waals surface area (Å²) in [5.74, 6) is -0.271. The number of carboxylic acids is 1. The minimum absolute atomic E-state index is 0.269. The van der Waals surface area contributed by atoms with Crippen molar-refractivity contribution in [2.75, 3.05) is 0 Å². The Morgan fingerprint density at radius 3 is 2.67 bits per heavy atom. The summed E-state index contributed by atoms with van der Waals surface area (Å²) in [7, 11) is 0. The molecule has 2 aromatic carbocycles. The summed E-state index contributed by atoms with van der Waals surface area (Å²) >= 11 is 0. The van der Waals surface area contributed by atoms with E-state index < -0.39 is 5.97 Å². The van der Waals surface area contributed by atoms with Gasteiger partial charge < -0.3 is 9.52 Å². The van der Waals surface area contributed by atoms with Crippen LogP contribution in [0.15, 0.2) is 59.0 Å². The standard InChI is InChI=1S/C18H14O3/c1-2-5-12-8-9-14(10-15(12)18(19)20)17-11-13-6-3-4-7-16(13)21-17/h2-11H,1H3,(H,19,20). The number of carbonyl (C=O) groups is 1. The molecule has 21 heavy (non-hydrogen) atoms. The van der Waals surface area contributed by atoms with E-state index in [0.29, 0.717) is 11.3 Å². The maximum Gasteiger partial charge on any atom is 0.336 e. The molecule has 0 spiro atoms. The second kappa shape index (κ2) is 5.29. The molecule has 0 aliphatic carbocycles. The molecular weight excluding hydrogens is 264 g/mol. The molecule has 0 saturated heterocycles. The summed E-state index contributed by atoms with van der Waals surface area (Å²) in [6, 6.07) is 15.0. The molecule has 0 aliphatic rings. The van der Waals surface area contributed by atoms with Crippen molar-refractivity contribution in [1.82, 2.24) is 0 Å². The summed E-state index contributed by atoms with van der Waals surface area (Å²) in [6.45, 7) is 1.86. The summed E-state index contributed by atoms with van der Waals surface area (Å²) in [5.41, 5.74) is 2.51. The van der Waals surface area contributed by atoms with E-state index >= 15 is 0 Å². The molecule has 0 unspecified atom stereocenters. The Labute approximate surface area is 122 Å². The molecular formula is C18H14O3. The topological polar surface area (TPSA) is 50.4 Å². The van der Waals surface area contributed by atoms with Gasteiger partial charge in [0.05, 0.1) is 5.56 Å². The van der Waals surface area contributed by atoms with Crippen LogP contribution in [0, 0.1) is 0 Å². The maximum atomic E-state index is 11.4. The minimum atomic E-state index is -0.943. The van der Waals surface area contributed by atoms with Crippen LogP contribution in [0.25, 0.3) is 28.4 Å². The Morgan fingerprint density at radius 1 is 1.14 bits per heavy atom. The molecule has 3 aromatic rings. The molecule has 3 rings (SSSR count). The van der Waals surface area contributed by atoms with Crippen molar-refractivity contribution < 1.29 is 14.3 Å². The van der Waals surface area contributed by atoms with Gasteiger partial charge in [-0.25, -0.2) is 4.79 Å². The summed E-state index contributed by atoms with van der Waals surface area (Å²) in [6.07, 6.45) is 3.61. The fraction of sp³-hybridized carbons (Fsp3) is 0.0556. The lowest BCUT2D eigenvalue weighted by Crippen LogP contribution is -1.99. The lowest BCUT2D eigenvalue weighted by molar-refractivity contribution is 0.0696. The Bertz CT molecular complexity index is 808. The van der Waals surface area contributed by atoms with Crippen LogP contribution in [0.2, 0.25) is 0 Å². The highest BCUT2D eigenvalue weighted by atomic mass is 16.4. The molecule has 1 heterocycles. The van der Waals surface area contributed by atoms with Gasteiger partial charge in [0.2, 0.25) is 0 Å². The van der Waals surface area contributed by atoms with Gasteiger partial charge in [-0.1, -0.05) is 42.5 Å². The van der Waals surface area contributed by atoms with Crippen molar-refractivity contribution in [2.45, 2.75) is 6.92 Å². The van der Waals surface area contributed by atoms with Crippen molar-refractivity contribution in [2.24, 2.45) is 0 Å². The zero-order valence-electron chi connectivity index (χ0n) is 11.5. The molecule has 0 aliphatic heterocycles. The number of fused-ring (bicyclic) bond motifs is 1. The van der Waals surface area contributed by atoms with Gasteiger partial charge in [0.1, 0.15) is 11.3 Å². The fourth-order valence-corrected chi connectivity index (χ4v) is 2.34. The lowest BCUT2D eigenvalue weighted by Gasteiger charge is -2.04. The van der Waals surface area contributed by atoms with Gasteiger partial charge in [-0.2, -0.15) is 0 Å². The number of aromatic carboxylic acids is 1. The second-order valence-electron chi connectivity index (χ2n) is 4.76. The second-order valence-corrected chi connectivity index (χ2v) is 4.76. The number of para-hydroxylation sites is 1. The van der Waals surface area contributed by atoms with Crippen LogP contribution in [0.1, 0.15) is 22.8 Å². The molecule has 1 aromatic heterocycles. The van der Waals surface area contributed by atoms with Gasteiger partial charge >= 0.3 is 5.97 Å². The lowest BCUT2D eigenvalue weighted by atomic mass is 10.0. The van der Waals surface area contributed by atoms with E-state index in [1.54, 1.807) is 18.2 Å². The first kappa shape index (κ1) is 13.2. The van der Waals surface area contributed by atoms with E-state index in [1.807, 2.05) is 49.4 Å². The van der Waals surface area contributed by atoms with Crippen molar-refractivity contribution in [1.29, 1.82) is 0 Å². The Kier molecular flexibility index (Phi) is 3.32. The van der Waals surface area contributed by atoms with Gasteiger partial charge in [-0.05, 0) is 30.7 Å². The Morgan fingerprint density at radius 2 is 1.95 bits per heavy atom. The van der Waals surface area contributed by atoms with Gasteiger partial charge in [0.25, 0.3) is 0 Å². The van der Waals surface area contributed by atoms with Crippen molar-refractivity contribution >= 4 is 23.0 Å². The predicted molar refractivity (Wildman–Crippen MR) is 83.3 cm³/mol. The van der Waals surface area contributed by atoms with Gasteiger partial charge in [0.15, 0.2) is 0 Å². The van der Waals surface area contributed by atoms with E-state index in [9.17, 15) is 9.90 Å². The average Bonchev–Trinajstić information content (AvgIpc) is 2.91. The highest BCUT2D eigenvalue weighted by Gasteiger charge is 2.12. The predicted octanol–water partition coefficient (Wildman–Crippen LogP) is 4.83. The molecule has 1 N–H and O–H groups in total. The molecule has 0 radical (unpaired) electrons. The van der Waals surface area contributed by atoms with Crippen LogP contribution in [-0.4, -0.2) is 11.1 Å². The van der Waals surface area contributed by atoms with E-state index in [1.165, 1.54) is 0 Å². The number of allylic oxidation sites excluding steroid dienone is 1. The molecule has 104 valence electrons. The number of rotatable bonds is 3. The summed E-state index contributed by atoms with van der Waals surface area (Å²) < 4.78 is 5.78. The first-order valence-corrected chi connectivity index (χ1v) is 6.68. The minimum Gasteiger partial charge on any atom is -0.478 e. The van der Waals surface area contributed by atoms with E-state index in [-0.39, 0.29) is 5.56 Å². The number of benzene rings is 2. The third kappa shape index (κ3) is 2.46. The molecule has 3 heteroatoms. The van der Waals surface area contributed by atoms with E-state index in [4.69, 9.17) is 4.42 Å². The SMILES string of the molecule is CC=Cc1ccc(-c2cc3ccccc3o2)cc1C(=O)O. The first-order valence-electron chi connectivity index (χ1n) is 6.68. The first-order chi connectivity index (χ1) is 10.2. The smallest absolute Gasteiger partial charge is 0.336 e. The Balaban J connectivity index is 2.14. The van der Waals surface area contributed by atoms with E-state index in [2.05, 4.69) is 0 Å². The largest absolute Gasteiger partial charge is 0.478 e. The number of carboxylic acid groups (broad SMARTS) is 1. The molecule has 3 nitrogen and oxygen atoms in total. The van der Waals surface area contributed by atoms with Crippen LogP contribution in [0.5, 0.6) is 0 Å². The number of hydrogen-bond donors (Lipinski definition) is 1. The summed E-state index contributed by atoms with van der Waals surface area (Å²) in [4.78, 5) is 11.4. The van der Waals surface area contributed by atoms with Crippen molar-refractivity contribution in [3.8, 4) is 11.3 Å². The monoisotopic (exact) mass is 278 g/mol. The third-order valence-corrected chi connectivity index (χ3v) is 3.34. The van der Waals surface area contributed by atoms with Crippen LogP contribution in [0.4, 0.5) is 0 Å². The molecule has 0 atom stereocenters. The van der Waals surface area contributed by atoms with Crippen LogP contribution in [-0.2, 0) is 0 Å². The van der Waals surface area contributed by atoms with E-state index in [0.717, 1.165) is 16.5 Å². The summed E-state index contributed by atoms with van der Waals surface area (Å²) in [5, 5.41) is 10.3. The van der Waals surface area contributed by atoms with Gasteiger partial charge in [-0.3, -0.25) is 0 Å². The molecule has 0 saturated carbocycles. The number of furan rings is 1.